The Morgan fingerprint density at radius 1 is 1.62 bits per heavy atom. The number of rotatable bonds is 4. The van der Waals surface area contributed by atoms with Crippen molar-refractivity contribution >= 4 is 0 Å². The van der Waals surface area contributed by atoms with Gasteiger partial charge in [0.1, 0.15) is 0 Å². The SMILES string of the molecule is C#CC[C@@H](C)COC1CCCCO1. The van der Waals surface area contributed by atoms with Gasteiger partial charge in [0.2, 0.25) is 0 Å². The minimum Gasteiger partial charge on any atom is -0.353 e. The van der Waals surface area contributed by atoms with Crippen molar-refractivity contribution in [1.82, 2.24) is 0 Å². The molecular formula is C11H18O2. The van der Waals surface area contributed by atoms with Crippen LogP contribution in [0, 0.1) is 18.3 Å². The van der Waals surface area contributed by atoms with E-state index in [4.69, 9.17) is 15.9 Å². The summed E-state index contributed by atoms with van der Waals surface area (Å²) in [5, 5.41) is 0. The highest BCUT2D eigenvalue weighted by molar-refractivity contribution is 4.85. The lowest BCUT2D eigenvalue weighted by Gasteiger charge is -2.23. The van der Waals surface area contributed by atoms with Crippen molar-refractivity contribution in [1.29, 1.82) is 0 Å². The van der Waals surface area contributed by atoms with Crippen LogP contribution in [0.5, 0.6) is 0 Å². The normalized spacial score (nSPS) is 25.1. The Hall–Kier alpha value is -0.520. The molecular weight excluding hydrogens is 164 g/mol. The first-order chi connectivity index (χ1) is 6.33. The van der Waals surface area contributed by atoms with Crippen molar-refractivity contribution in [3.05, 3.63) is 0 Å². The first-order valence-electron chi connectivity index (χ1n) is 4.99. The summed E-state index contributed by atoms with van der Waals surface area (Å²) in [7, 11) is 0. The quantitative estimate of drug-likeness (QED) is 0.620. The summed E-state index contributed by atoms with van der Waals surface area (Å²) < 4.78 is 11.0. The fourth-order valence-corrected chi connectivity index (χ4v) is 1.37. The highest BCUT2D eigenvalue weighted by Crippen LogP contribution is 2.15. The van der Waals surface area contributed by atoms with Crippen LogP contribution >= 0.6 is 0 Å². The van der Waals surface area contributed by atoms with Crippen LogP contribution < -0.4 is 0 Å². The van der Waals surface area contributed by atoms with Crippen LogP contribution in [0.15, 0.2) is 0 Å². The van der Waals surface area contributed by atoms with Gasteiger partial charge in [-0.1, -0.05) is 6.92 Å². The van der Waals surface area contributed by atoms with Crippen LogP contribution in [-0.2, 0) is 9.47 Å². The van der Waals surface area contributed by atoms with Crippen molar-refractivity contribution in [3.8, 4) is 12.3 Å². The predicted octanol–water partition coefficient (Wildman–Crippen LogP) is 2.19. The molecule has 0 aromatic heterocycles. The Kier molecular flexibility index (Phi) is 4.88. The van der Waals surface area contributed by atoms with E-state index in [0.29, 0.717) is 5.92 Å². The van der Waals surface area contributed by atoms with Gasteiger partial charge < -0.3 is 9.47 Å². The van der Waals surface area contributed by atoms with Gasteiger partial charge in [0.25, 0.3) is 0 Å². The molecule has 1 saturated heterocycles. The smallest absolute Gasteiger partial charge is 0.157 e. The van der Waals surface area contributed by atoms with Crippen LogP contribution in [0.3, 0.4) is 0 Å². The molecule has 2 nitrogen and oxygen atoms in total. The minimum absolute atomic E-state index is 0.0222. The average molecular weight is 182 g/mol. The Morgan fingerprint density at radius 3 is 3.08 bits per heavy atom. The summed E-state index contributed by atoms with van der Waals surface area (Å²) in [6.45, 7) is 3.66. The van der Waals surface area contributed by atoms with Crippen LogP contribution in [0.2, 0.25) is 0 Å². The highest BCUT2D eigenvalue weighted by Gasteiger charge is 2.14. The third kappa shape index (κ3) is 4.31. The first-order valence-corrected chi connectivity index (χ1v) is 4.99. The molecule has 0 N–H and O–H groups in total. The standard InChI is InChI=1S/C11H18O2/c1-3-6-10(2)9-13-11-7-4-5-8-12-11/h1,10-11H,4-9H2,2H3/t10-,11?/m1/s1. The van der Waals surface area contributed by atoms with Crippen molar-refractivity contribution in [2.45, 2.75) is 38.9 Å². The van der Waals surface area contributed by atoms with Crippen molar-refractivity contribution < 1.29 is 9.47 Å². The molecule has 0 bridgehead atoms. The van der Waals surface area contributed by atoms with Gasteiger partial charge in [0.05, 0.1) is 6.61 Å². The fraction of sp³-hybridized carbons (Fsp3) is 0.818. The number of terminal acetylenes is 1. The van der Waals surface area contributed by atoms with E-state index in [1.165, 1.54) is 12.8 Å². The van der Waals surface area contributed by atoms with Crippen LogP contribution in [-0.4, -0.2) is 19.5 Å². The lowest BCUT2D eigenvalue weighted by Crippen LogP contribution is -2.24. The number of ether oxygens (including phenoxy) is 2. The van der Waals surface area contributed by atoms with E-state index < -0.39 is 0 Å². The van der Waals surface area contributed by atoms with Gasteiger partial charge in [0.15, 0.2) is 6.29 Å². The summed E-state index contributed by atoms with van der Waals surface area (Å²) in [5.41, 5.74) is 0. The van der Waals surface area contributed by atoms with E-state index in [-0.39, 0.29) is 6.29 Å². The molecule has 1 fully saturated rings. The molecule has 0 spiro atoms. The highest BCUT2D eigenvalue weighted by atomic mass is 16.7. The van der Waals surface area contributed by atoms with E-state index in [1.807, 2.05) is 0 Å². The molecule has 1 aliphatic rings. The van der Waals surface area contributed by atoms with Crippen LogP contribution in [0.25, 0.3) is 0 Å². The summed E-state index contributed by atoms with van der Waals surface area (Å²) in [6, 6.07) is 0. The fourth-order valence-electron chi connectivity index (χ4n) is 1.37. The van der Waals surface area contributed by atoms with E-state index in [0.717, 1.165) is 26.1 Å². The van der Waals surface area contributed by atoms with Gasteiger partial charge in [-0.05, 0) is 25.2 Å². The lowest BCUT2D eigenvalue weighted by molar-refractivity contribution is -0.167. The lowest BCUT2D eigenvalue weighted by atomic mass is 10.1. The van der Waals surface area contributed by atoms with E-state index in [9.17, 15) is 0 Å². The zero-order valence-corrected chi connectivity index (χ0v) is 8.29. The Bertz CT molecular complexity index is 165. The van der Waals surface area contributed by atoms with Gasteiger partial charge in [-0.2, -0.15) is 0 Å². The van der Waals surface area contributed by atoms with Crippen LogP contribution in [0.1, 0.15) is 32.6 Å². The Balaban J connectivity index is 2.07. The second kappa shape index (κ2) is 6.01. The molecule has 13 heavy (non-hydrogen) atoms. The maximum atomic E-state index is 5.58. The van der Waals surface area contributed by atoms with Gasteiger partial charge in [-0.25, -0.2) is 0 Å². The number of hydrogen-bond acceptors (Lipinski definition) is 2. The van der Waals surface area contributed by atoms with Crippen molar-refractivity contribution in [3.63, 3.8) is 0 Å². The molecule has 0 aromatic carbocycles. The maximum Gasteiger partial charge on any atom is 0.157 e. The van der Waals surface area contributed by atoms with E-state index in [2.05, 4.69) is 12.8 Å². The van der Waals surface area contributed by atoms with E-state index in [1.54, 1.807) is 0 Å². The molecule has 1 heterocycles. The van der Waals surface area contributed by atoms with Gasteiger partial charge in [-0.3, -0.25) is 0 Å². The van der Waals surface area contributed by atoms with Gasteiger partial charge >= 0.3 is 0 Å². The molecule has 2 heteroatoms. The second-order valence-electron chi connectivity index (χ2n) is 3.64. The molecule has 0 aliphatic carbocycles. The zero-order valence-electron chi connectivity index (χ0n) is 8.29. The average Bonchev–Trinajstić information content (AvgIpc) is 2.17. The van der Waals surface area contributed by atoms with Gasteiger partial charge in [-0.15, -0.1) is 12.3 Å². The topological polar surface area (TPSA) is 18.5 Å². The molecule has 74 valence electrons. The third-order valence-electron chi connectivity index (χ3n) is 2.17. The molecule has 0 radical (unpaired) electrons. The molecule has 2 atom stereocenters. The molecule has 0 aromatic rings. The summed E-state index contributed by atoms with van der Waals surface area (Å²) in [6.07, 6.45) is 9.42. The largest absolute Gasteiger partial charge is 0.353 e. The summed E-state index contributed by atoms with van der Waals surface area (Å²) in [4.78, 5) is 0. The van der Waals surface area contributed by atoms with E-state index >= 15 is 0 Å². The van der Waals surface area contributed by atoms with Gasteiger partial charge in [0, 0.05) is 13.0 Å². The summed E-state index contributed by atoms with van der Waals surface area (Å²) >= 11 is 0. The predicted molar refractivity (Wildman–Crippen MR) is 52.2 cm³/mol. The third-order valence-corrected chi connectivity index (χ3v) is 2.17. The minimum atomic E-state index is 0.0222. The monoisotopic (exact) mass is 182 g/mol. The maximum absolute atomic E-state index is 5.58. The Labute approximate surface area is 80.6 Å². The van der Waals surface area contributed by atoms with Crippen molar-refractivity contribution in [2.24, 2.45) is 5.92 Å². The van der Waals surface area contributed by atoms with Crippen LogP contribution in [0.4, 0.5) is 0 Å². The van der Waals surface area contributed by atoms with Crippen molar-refractivity contribution in [2.75, 3.05) is 13.2 Å². The second-order valence-corrected chi connectivity index (χ2v) is 3.64. The Morgan fingerprint density at radius 2 is 2.46 bits per heavy atom. The summed E-state index contributed by atoms with van der Waals surface area (Å²) in [5.74, 6) is 3.07. The zero-order chi connectivity index (χ0) is 9.52. The molecule has 1 unspecified atom stereocenters. The molecule has 0 amide bonds. The molecule has 1 aliphatic heterocycles. The molecule has 0 saturated carbocycles. The molecule has 1 rings (SSSR count). The number of hydrogen-bond donors (Lipinski definition) is 0. The first kappa shape index (κ1) is 10.6.